The Morgan fingerprint density at radius 2 is 2.00 bits per heavy atom. The maximum Gasteiger partial charge on any atom is 0.303 e. The van der Waals surface area contributed by atoms with Crippen molar-refractivity contribution in [3.63, 3.8) is 0 Å². The quantitative estimate of drug-likeness (QED) is 0.924. The van der Waals surface area contributed by atoms with E-state index in [4.69, 9.17) is 5.11 Å². The Morgan fingerprint density at radius 3 is 2.45 bits per heavy atom. The van der Waals surface area contributed by atoms with Crippen LogP contribution in [0.1, 0.15) is 29.0 Å². The van der Waals surface area contributed by atoms with Crippen molar-refractivity contribution in [1.29, 1.82) is 0 Å². The minimum Gasteiger partial charge on any atom is -0.481 e. The number of carboxylic acids is 1. The zero-order chi connectivity index (χ0) is 14.9. The molecule has 0 amide bonds. The highest BCUT2D eigenvalue weighted by Crippen LogP contribution is 2.30. The van der Waals surface area contributed by atoms with Crippen molar-refractivity contribution < 1.29 is 18.3 Å². The number of thiophene rings is 1. The predicted molar refractivity (Wildman–Crippen MR) is 77.5 cm³/mol. The minimum absolute atomic E-state index is 0.0873. The van der Waals surface area contributed by atoms with Gasteiger partial charge in [0.15, 0.2) is 0 Å². The van der Waals surface area contributed by atoms with Gasteiger partial charge in [-0.05, 0) is 38.7 Å². The number of hydrogen-bond donors (Lipinski definition) is 1. The van der Waals surface area contributed by atoms with Crippen LogP contribution in [0.4, 0.5) is 0 Å². The van der Waals surface area contributed by atoms with Gasteiger partial charge in [0, 0.05) is 29.3 Å². The van der Waals surface area contributed by atoms with Crippen LogP contribution in [0.15, 0.2) is 11.0 Å². The summed E-state index contributed by atoms with van der Waals surface area (Å²) in [5.41, 5.74) is 0. The van der Waals surface area contributed by atoms with Crippen molar-refractivity contribution in [2.24, 2.45) is 5.92 Å². The Bertz CT molecular complexity index is 598. The van der Waals surface area contributed by atoms with Gasteiger partial charge in [-0.25, -0.2) is 8.42 Å². The highest BCUT2D eigenvalue weighted by atomic mass is 32.2. The molecule has 0 aliphatic carbocycles. The maximum absolute atomic E-state index is 12.6. The maximum atomic E-state index is 12.6. The molecule has 1 saturated heterocycles. The van der Waals surface area contributed by atoms with E-state index in [0.29, 0.717) is 30.8 Å². The Hall–Kier alpha value is -0.920. The van der Waals surface area contributed by atoms with E-state index in [-0.39, 0.29) is 12.3 Å². The predicted octanol–water partition coefficient (Wildman–Crippen LogP) is 2.24. The first-order chi connectivity index (χ1) is 9.30. The third kappa shape index (κ3) is 3.21. The lowest BCUT2D eigenvalue weighted by atomic mass is 9.95. The molecule has 1 aromatic heterocycles. The number of carboxylic acid groups (broad SMARTS) is 1. The fraction of sp³-hybridized carbons (Fsp3) is 0.615. The number of aliphatic carboxylic acids is 1. The molecule has 0 aromatic carbocycles. The van der Waals surface area contributed by atoms with Crippen LogP contribution in [0.5, 0.6) is 0 Å². The normalized spacial score (nSPS) is 18.3. The Balaban J connectivity index is 2.10. The topological polar surface area (TPSA) is 74.7 Å². The zero-order valence-corrected chi connectivity index (χ0v) is 13.3. The third-order valence-corrected chi connectivity index (χ3v) is 6.77. The summed E-state index contributed by atoms with van der Waals surface area (Å²) in [5.74, 6) is -0.722. The summed E-state index contributed by atoms with van der Waals surface area (Å²) in [6, 6.07) is 1.72. The monoisotopic (exact) mass is 317 g/mol. The van der Waals surface area contributed by atoms with Crippen molar-refractivity contribution in [2.45, 2.75) is 38.0 Å². The van der Waals surface area contributed by atoms with Crippen LogP contribution in [-0.2, 0) is 14.8 Å². The van der Waals surface area contributed by atoms with Gasteiger partial charge in [-0.2, -0.15) is 4.31 Å². The molecule has 1 aromatic rings. The van der Waals surface area contributed by atoms with Gasteiger partial charge in [0.25, 0.3) is 0 Å². The van der Waals surface area contributed by atoms with E-state index in [0.717, 1.165) is 9.75 Å². The van der Waals surface area contributed by atoms with Gasteiger partial charge in [-0.15, -0.1) is 11.3 Å². The van der Waals surface area contributed by atoms with Crippen LogP contribution in [0.3, 0.4) is 0 Å². The number of hydrogen-bond acceptors (Lipinski definition) is 4. The lowest BCUT2D eigenvalue weighted by Crippen LogP contribution is -2.38. The van der Waals surface area contributed by atoms with E-state index < -0.39 is 16.0 Å². The number of carbonyl (C=O) groups is 1. The molecule has 2 heterocycles. The van der Waals surface area contributed by atoms with E-state index >= 15 is 0 Å². The fourth-order valence-electron chi connectivity index (χ4n) is 2.60. The molecule has 20 heavy (non-hydrogen) atoms. The number of piperidine rings is 1. The molecule has 0 unspecified atom stereocenters. The lowest BCUT2D eigenvalue weighted by Gasteiger charge is -2.30. The Kier molecular flexibility index (Phi) is 4.51. The van der Waals surface area contributed by atoms with Gasteiger partial charge in [0.1, 0.15) is 0 Å². The van der Waals surface area contributed by atoms with Gasteiger partial charge < -0.3 is 5.11 Å². The first kappa shape index (κ1) is 15.5. The molecule has 1 fully saturated rings. The fourth-order valence-corrected chi connectivity index (χ4v) is 5.60. The summed E-state index contributed by atoms with van der Waals surface area (Å²) in [6.45, 7) is 4.54. The molecule has 0 bridgehead atoms. The molecule has 0 radical (unpaired) electrons. The van der Waals surface area contributed by atoms with Gasteiger partial charge >= 0.3 is 5.97 Å². The van der Waals surface area contributed by atoms with Crippen LogP contribution < -0.4 is 0 Å². The molecule has 2 rings (SSSR count). The molecular weight excluding hydrogens is 298 g/mol. The minimum atomic E-state index is -3.43. The van der Waals surface area contributed by atoms with Crippen molar-refractivity contribution in [3.05, 3.63) is 15.8 Å². The summed E-state index contributed by atoms with van der Waals surface area (Å²) < 4.78 is 26.6. The molecule has 1 aliphatic rings. The first-order valence-corrected chi connectivity index (χ1v) is 8.85. The van der Waals surface area contributed by atoms with Crippen LogP contribution >= 0.6 is 11.3 Å². The van der Waals surface area contributed by atoms with E-state index in [2.05, 4.69) is 0 Å². The van der Waals surface area contributed by atoms with Gasteiger partial charge in [-0.3, -0.25) is 4.79 Å². The van der Waals surface area contributed by atoms with Crippen LogP contribution in [0, 0.1) is 19.8 Å². The van der Waals surface area contributed by atoms with Crippen LogP contribution in [-0.4, -0.2) is 36.9 Å². The standard InChI is InChI=1S/C13H19NO4S2/c1-9-7-12(10(2)19-9)20(17,18)14-5-3-11(4-6-14)8-13(15)16/h7,11H,3-6,8H2,1-2H3,(H,15,16). The van der Waals surface area contributed by atoms with Crippen molar-refractivity contribution >= 4 is 27.3 Å². The second-order valence-corrected chi connectivity index (χ2v) is 8.59. The number of rotatable bonds is 4. The zero-order valence-electron chi connectivity index (χ0n) is 11.6. The van der Waals surface area contributed by atoms with Crippen molar-refractivity contribution in [1.82, 2.24) is 4.31 Å². The smallest absolute Gasteiger partial charge is 0.303 e. The second-order valence-electron chi connectivity index (χ2n) is 5.22. The summed E-state index contributed by atoms with van der Waals surface area (Å²) in [5, 5.41) is 8.78. The SMILES string of the molecule is Cc1cc(S(=O)(=O)N2CCC(CC(=O)O)CC2)c(C)s1. The number of sulfonamides is 1. The summed E-state index contributed by atoms with van der Waals surface area (Å²) in [4.78, 5) is 12.9. The summed E-state index contributed by atoms with van der Waals surface area (Å²) >= 11 is 1.49. The largest absolute Gasteiger partial charge is 0.481 e. The van der Waals surface area contributed by atoms with E-state index in [1.807, 2.05) is 13.8 Å². The number of aryl methyl sites for hydroxylation is 2. The third-order valence-electron chi connectivity index (χ3n) is 3.65. The van der Waals surface area contributed by atoms with Crippen LogP contribution in [0.25, 0.3) is 0 Å². The Morgan fingerprint density at radius 1 is 1.40 bits per heavy atom. The summed E-state index contributed by atoms with van der Waals surface area (Å²) in [7, 11) is -3.43. The van der Waals surface area contributed by atoms with Crippen LogP contribution in [0.2, 0.25) is 0 Å². The molecule has 7 heteroatoms. The number of nitrogens with zero attached hydrogens (tertiary/aromatic N) is 1. The summed E-state index contributed by atoms with van der Waals surface area (Å²) in [6.07, 6.45) is 1.37. The molecule has 0 spiro atoms. The van der Waals surface area contributed by atoms with Gasteiger partial charge in [-0.1, -0.05) is 0 Å². The highest BCUT2D eigenvalue weighted by Gasteiger charge is 2.31. The average molecular weight is 317 g/mol. The van der Waals surface area contributed by atoms with Gasteiger partial charge in [0.2, 0.25) is 10.0 Å². The Labute approximate surface area is 123 Å². The average Bonchev–Trinajstić information content (AvgIpc) is 2.69. The highest BCUT2D eigenvalue weighted by molar-refractivity contribution is 7.89. The molecule has 1 N–H and O–H groups in total. The van der Waals surface area contributed by atoms with Crippen molar-refractivity contribution in [2.75, 3.05) is 13.1 Å². The first-order valence-electron chi connectivity index (χ1n) is 6.59. The molecule has 0 saturated carbocycles. The molecule has 1 aliphatic heterocycles. The molecular formula is C13H19NO4S2. The van der Waals surface area contributed by atoms with E-state index in [9.17, 15) is 13.2 Å². The van der Waals surface area contributed by atoms with Crippen molar-refractivity contribution in [3.8, 4) is 0 Å². The molecule has 0 atom stereocenters. The second kappa shape index (κ2) is 5.83. The van der Waals surface area contributed by atoms with E-state index in [1.165, 1.54) is 15.6 Å². The molecule has 5 nitrogen and oxygen atoms in total. The lowest BCUT2D eigenvalue weighted by molar-refractivity contribution is -0.138. The molecule has 112 valence electrons. The van der Waals surface area contributed by atoms with E-state index in [1.54, 1.807) is 6.07 Å². The van der Waals surface area contributed by atoms with Gasteiger partial charge in [0.05, 0.1) is 4.90 Å².